The summed E-state index contributed by atoms with van der Waals surface area (Å²) < 4.78 is 0. The first-order chi connectivity index (χ1) is 25.4. The lowest BCUT2D eigenvalue weighted by Crippen LogP contribution is -2.66. The molecule has 4 saturated heterocycles. The highest BCUT2D eigenvalue weighted by molar-refractivity contribution is 6.09. The molecule has 4 aliphatic heterocycles. The minimum Gasteiger partial charge on any atom is -0.391 e. The highest BCUT2D eigenvalue weighted by atomic mass is 16.3. The lowest BCUT2D eigenvalue weighted by molar-refractivity contribution is -0.126. The Bertz CT molecular complexity index is 1510. The summed E-state index contributed by atoms with van der Waals surface area (Å²) in [5.41, 5.74) is -4.12. The Balaban J connectivity index is 0.000000290. The van der Waals surface area contributed by atoms with E-state index < -0.39 is 136 Å². The van der Waals surface area contributed by atoms with Gasteiger partial charge in [-0.1, -0.05) is 0 Å². The summed E-state index contributed by atoms with van der Waals surface area (Å²) in [6, 6.07) is -7.58. The third-order valence-electron chi connectivity index (χ3n) is 6.95. The van der Waals surface area contributed by atoms with Crippen LogP contribution in [0.2, 0.25) is 0 Å². The standard InChI is InChI=1S/2C11H16N8O8/c20-1-10(4(22)14-8(26)18-10)16-6(24)12-3-13-7(25)17-11(2-21)5(23)15-9(27)19-11;20-2-18-4(6(22)16-10(18)26)14-8(24)12-1-13-9(25)15-5-7(23)17-11(27)19(5)3-21/h20-21H,1-3H2,(H2,12,16,24)(H2,13,17,25)(H2,14,18,22,26)(H2,15,19,23,27);4-5,20-21H,1-3H2,(H2,12,14,24)(H2,13,15,25)(H,16,22,26)(H,17,23,27). The van der Waals surface area contributed by atoms with Crippen LogP contribution in [0.5, 0.6) is 0 Å². The number of aliphatic hydroxyl groups excluding tert-OH is 4. The number of nitrogens with one attached hydrogen (secondary N) is 14. The fraction of sp³-hybridized carbons (Fsp3) is 0.455. The van der Waals surface area contributed by atoms with E-state index in [-0.39, 0.29) is 0 Å². The molecule has 0 spiro atoms. The Morgan fingerprint density at radius 1 is 0.537 bits per heavy atom. The van der Waals surface area contributed by atoms with Crippen molar-refractivity contribution in [1.82, 2.24) is 84.2 Å². The minimum absolute atomic E-state index is 0.458. The van der Waals surface area contributed by atoms with Gasteiger partial charge in [-0.3, -0.25) is 50.2 Å². The topological polar surface area (TPSA) is 461 Å². The molecular formula is C22H32N16O16. The van der Waals surface area contributed by atoms with Gasteiger partial charge in [-0.05, 0) is 0 Å². The summed E-state index contributed by atoms with van der Waals surface area (Å²) in [5, 5.41) is 64.7. The van der Waals surface area contributed by atoms with Gasteiger partial charge in [0.1, 0.15) is 13.5 Å². The molecule has 4 aliphatic rings. The van der Waals surface area contributed by atoms with E-state index in [4.69, 9.17) is 10.2 Å². The van der Waals surface area contributed by atoms with Crippen LogP contribution in [-0.2, 0) is 19.2 Å². The fourth-order valence-electron chi connectivity index (χ4n) is 4.28. The van der Waals surface area contributed by atoms with Crippen molar-refractivity contribution in [3.63, 3.8) is 0 Å². The van der Waals surface area contributed by atoms with Crippen LogP contribution in [0, 0.1) is 0 Å². The molecule has 32 heteroatoms. The normalized spacial score (nSPS) is 24.1. The Labute approximate surface area is 298 Å². The third kappa shape index (κ3) is 9.51. The van der Waals surface area contributed by atoms with Gasteiger partial charge in [-0.2, -0.15) is 0 Å². The van der Waals surface area contributed by atoms with Crippen molar-refractivity contribution in [3.8, 4) is 0 Å². The Morgan fingerprint density at radius 3 is 1.15 bits per heavy atom. The SMILES string of the molecule is O=C(NCNC(=O)NC1(CO)NC(=O)NC1=O)NC1(CO)NC(=O)NC1=O.O=C(NCNC(=O)NC1C(=O)NC(=O)N1CO)NC1C(=O)NC(=O)N1CO. The van der Waals surface area contributed by atoms with Crippen molar-refractivity contribution < 1.29 is 78.0 Å². The zero-order chi connectivity index (χ0) is 40.4. The molecule has 0 saturated carbocycles. The molecule has 18 N–H and O–H groups in total. The van der Waals surface area contributed by atoms with Crippen LogP contribution in [0.1, 0.15) is 0 Å². The van der Waals surface area contributed by atoms with Crippen LogP contribution < -0.4 is 74.4 Å². The van der Waals surface area contributed by atoms with Crippen molar-refractivity contribution in [2.45, 2.75) is 23.7 Å². The molecule has 296 valence electrons. The van der Waals surface area contributed by atoms with Gasteiger partial charge in [0.15, 0.2) is 12.3 Å². The van der Waals surface area contributed by atoms with Crippen molar-refractivity contribution in [3.05, 3.63) is 0 Å². The third-order valence-corrected chi connectivity index (χ3v) is 6.95. The smallest absolute Gasteiger partial charge is 0.328 e. The van der Waals surface area contributed by atoms with Crippen molar-refractivity contribution in [2.75, 3.05) is 40.0 Å². The number of amides is 20. The van der Waals surface area contributed by atoms with E-state index in [1.54, 1.807) is 0 Å². The van der Waals surface area contributed by atoms with Gasteiger partial charge < -0.3 is 73.6 Å². The van der Waals surface area contributed by atoms with Crippen molar-refractivity contribution in [2.24, 2.45) is 0 Å². The van der Waals surface area contributed by atoms with Gasteiger partial charge in [0.25, 0.3) is 23.6 Å². The Kier molecular flexibility index (Phi) is 13.1. The minimum atomic E-state index is -2.06. The first-order valence-corrected chi connectivity index (χ1v) is 14.6. The number of imide groups is 4. The zero-order valence-electron chi connectivity index (χ0n) is 27.0. The number of carbonyl (C=O) groups is 12. The summed E-state index contributed by atoms with van der Waals surface area (Å²) in [5.74, 6) is -3.67. The highest BCUT2D eigenvalue weighted by Crippen LogP contribution is 2.08. The zero-order valence-corrected chi connectivity index (χ0v) is 27.0. The van der Waals surface area contributed by atoms with Crippen LogP contribution in [0.25, 0.3) is 0 Å². The van der Waals surface area contributed by atoms with E-state index in [2.05, 4.69) is 31.9 Å². The van der Waals surface area contributed by atoms with Crippen LogP contribution in [0.3, 0.4) is 0 Å². The molecule has 54 heavy (non-hydrogen) atoms. The van der Waals surface area contributed by atoms with Gasteiger partial charge in [-0.25, -0.2) is 38.4 Å². The molecule has 20 amide bonds. The summed E-state index contributed by atoms with van der Waals surface area (Å²) in [6.07, 6.45) is -2.86. The summed E-state index contributed by atoms with van der Waals surface area (Å²) >= 11 is 0. The number of hydrogen-bond donors (Lipinski definition) is 18. The maximum atomic E-state index is 11.8. The Hall–Kier alpha value is -7.32. The van der Waals surface area contributed by atoms with E-state index >= 15 is 0 Å². The second kappa shape index (κ2) is 17.3. The molecule has 4 fully saturated rings. The summed E-state index contributed by atoms with van der Waals surface area (Å²) in [7, 11) is 0. The lowest BCUT2D eigenvalue weighted by atomic mass is 10.2. The monoisotopic (exact) mass is 776 g/mol. The number of aliphatic hydroxyl groups is 4. The number of hydrogen-bond acceptors (Lipinski definition) is 16. The van der Waals surface area contributed by atoms with Crippen LogP contribution >= 0.6 is 0 Å². The molecule has 32 nitrogen and oxygen atoms in total. The molecule has 0 aromatic rings. The molecule has 0 bridgehead atoms. The van der Waals surface area contributed by atoms with Crippen LogP contribution in [0.15, 0.2) is 0 Å². The second-order valence-corrected chi connectivity index (χ2v) is 10.5. The van der Waals surface area contributed by atoms with E-state index in [9.17, 15) is 67.7 Å². The predicted molar refractivity (Wildman–Crippen MR) is 162 cm³/mol. The predicted octanol–water partition coefficient (Wildman–Crippen LogP) is -10.2. The van der Waals surface area contributed by atoms with Gasteiger partial charge in [0.2, 0.25) is 11.3 Å². The average Bonchev–Trinajstić information content (AvgIpc) is 3.74. The molecule has 0 radical (unpaired) electrons. The molecular weight excluding hydrogens is 744 g/mol. The lowest BCUT2D eigenvalue weighted by Gasteiger charge is -2.26. The number of carbonyl (C=O) groups excluding carboxylic acids is 12. The second-order valence-electron chi connectivity index (χ2n) is 10.5. The van der Waals surface area contributed by atoms with E-state index in [1.807, 2.05) is 42.5 Å². The van der Waals surface area contributed by atoms with E-state index in [0.717, 1.165) is 0 Å². The van der Waals surface area contributed by atoms with Gasteiger partial charge >= 0.3 is 48.2 Å². The first kappa shape index (κ1) is 41.1. The maximum Gasteiger partial charge on any atom is 0.328 e. The molecule has 4 unspecified atom stereocenters. The number of nitrogens with zero attached hydrogens (tertiary/aromatic N) is 2. The van der Waals surface area contributed by atoms with E-state index in [1.165, 1.54) is 0 Å². The maximum absolute atomic E-state index is 11.8. The summed E-state index contributed by atoms with van der Waals surface area (Å²) in [4.78, 5) is 139. The van der Waals surface area contributed by atoms with Crippen LogP contribution in [-0.4, -0.2) is 166 Å². The molecule has 0 aliphatic carbocycles. The van der Waals surface area contributed by atoms with Gasteiger partial charge in [0, 0.05) is 0 Å². The summed E-state index contributed by atoms with van der Waals surface area (Å²) in [6.45, 7) is -4.47. The quantitative estimate of drug-likeness (QED) is 0.0646. The fourth-order valence-corrected chi connectivity index (χ4v) is 4.28. The van der Waals surface area contributed by atoms with E-state index in [0.29, 0.717) is 9.80 Å². The highest BCUT2D eigenvalue weighted by Gasteiger charge is 2.48. The van der Waals surface area contributed by atoms with Gasteiger partial charge in [-0.15, -0.1) is 0 Å². The molecule has 0 aromatic carbocycles. The largest absolute Gasteiger partial charge is 0.391 e. The van der Waals surface area contributed by atoms with Gasteiger partial charge in [0.05, 0.1) is 26.6 Å². The van der Waals surface area contributed by atoms with Crippen molar-refractivity contribution in [1.29, 1.82) is 0 Å². The molecule has 4 heterocycles. The van der Waals surface area contributed by atoms with Crippen LogP contribution in [0.4, 0.5) is 38.4 Å². The average molecular weight is 777 g/mol. The van der Waals surface area contributed by atoms with Crippen molar-refractivity contribution >= 4 is 71.9 Å². The number of urea groups is 8. The first-order valence-electron chi connectivity index (χ1n) is 14.6. The Morgan fingerprint density at radius 2 is 0.870 bits per heavy atom. The molecule has 4 atom stereocenters. The molecule has 0 aromatic heterocycles. The number of rotatable bonds is 12. The molecule has 4 rings (SSSR count).